The number of fused-ring (bicyclic) bond motifs is 1. The van der Waals surface area contributed by atoms with Crippen LogP contribution in [-0.2, 0) is 21.2 Å². The molecule has 0 aromatic heterocycles. The minimum atomic E-state index is -3.70. The van der Waals surface area contributed by atoms with Crippen molar-refractivity contribution in [2.24, 2.45) is 5.14 Å². The molecule has 1 heterocycles. The summed E-state index contributed by atoms with van der Waals surface area (Å²) in [5, 5.41) is 5.00. The summed E-state index contributed by atoms with van der Waals surface area (Å²) in [4.78, 5) is 12.2. The zero-order valence-corrected chi connectivity index (χ0v) is 8.70. The second-order valence-electron chi connectivity index (χ2n) is 3.38. The van der Waals surface area contributed by atoms with Gasteiger partial charge < -0.3 is 4.90 Å². The lowest BCUT2D eigenvalue weighted by molar-refractivity contribution is -0.107. The Kier molecular flexibility index (Phi) is 2.24. The molecule has 0 aliphatic carbocycles. The highest BCUT2D eigenvalue weighted by Gasteiger charge is 2.20. The summed E-state index contributed by atoms with van der Waals surface area (Å²) in [6.07, 6.45) is 1.44. The first kappa shape index (κ1) is 10.1. The summed E-state index contributed by atoms with van der Waals surface area (Å²) in [6.45, 7) is 0.590. The number of amides is 1. The molecule has 0 fully saturated rings. The van der Waals surface area contributed by atoms with E-state index in [1.807, 2.05) is 0 Å². The van der Waals surface area contributed by atoms with E-state index in [0.717, 1.165) is 12.0 Å². The molecular formula is C9H10N2O3S. The molecule has 15 heavy (non-hydrogen) atoms. The van der Waals surface area contributed by atoms with E-state index in [-0.39, 0.29) is 4.90 Å². The number of hydrogen-bond acceptors (Lipinski definition) is 3. The van der Waals surface area contributed by atoms with Crippen molar-refractivity contribution in [3.05, 3.63) is 23.8 Å². The van der Waals surface area contributed by atoms with Gasteiger partial charge in [-0.2, -0.15) is 0 Å². The molecule has 0 spiro atoms. The van der Waals surface area contributed by atoms with Crippen LogP contribution in [0.1, 0.15) is 5.56 Å². The van der Waals surface area contributed by atoms with Crippen molar-refractivity contribution in [2.45, 2.75) is 11.3 Å². The van der Waals surface area contributed by atoms with Crippen molar-refractivity contribution in [3.63, 3.8) is 0 Å². The number of anilines is 1. The standard InChI is InChI=1S/C9H10N2O3S/c10-15(13,14)8-2-1-7-3-4-11(6-12)9(7)5-8/h1-2,5-6H,3-4H2,(H2,10,13,14). The zero-order valence-electron chi connectivity index (χ0n) is 7.88. The Bertz CT molecular complexity index is 510. The molecule has 0 saturated heterocycles. The van der Waals surface area contributed by atoms with Gasteiger partial charge in [-0.05, 0) is 24.1 Å². The molecule has 80 valence electrons. The van der Waals surface area contributed by atoms with E-state index in [0.29, 0.717) is 18.6 Å². The molecule has 2 rings (SSSR count). The predicted octanol–water partition coefficient (Wildman–Crippen LogP) is -0.147. The molecule has 1 aliphatic heterocycles. The second kappa shape index (κ2) is 3.32. The first-order valence-electron chi connectivity index (χ1n) is 4.40. The van der Waals surface area contributed by atoms with Gasteiger partial charge in [-0.15, -0.1) is 0 Å². The van der Waals surface area contributed by atoms with E-state index >= 15 is 0 Å². The first-order valence-corrected chi connectivity index (χ1v) is 5.94. The van der Waals surface area contributed by atoms with Crippen LogP contribution in [0.15, 0.2) is 23.1 Å². The van der Waals surface area contributed by atoms with Gasteiger partial charge in [0, 0.05) is 12.2 Å². The van der Waals surface area contributed by atoms with Crippen molar-refractivity contribution in [1.82, 2.24) is 0 Å². The van der Waals surface area contributed by atoms with Crippen LogP contribution in [-0.4, -0.2) is 21.4 Å². The quantitative estimate of drug-likeness (QED) is 0.712. The molecule has 0 saturated carbocycles. The number of carbonyl (C=O) groups is 1. The van der Waals surface area contributed by atoms with Crippen LogP contribution in [0, 0.1) is 0 Å². The van der Waals surface area contributed by atoms with Gasteiger partial charge in [-0.25, -0.2) is 13.6 Å². The lowest BCUT2D eigenvalue weighted by Gasteiger charge is -2.10. The maximum Gasteiger partial charge on any atom is 0.238 e. The SMILES string of the molecule is NS(=O)(=O)c1ccc2c(c1)N(C=O)CC2. The molecule has 6 heteroatoms. The topological polar surface area (TPSA) is 80.5 Å². The number of benzene rings is 1. The van der Waals surface area contributed by atoms with Crippen LogP contribution in [0.3, 0.4) is 0 Å². The molecule has 1 aromatic rings. The number of nitrogens with two attached hydrogens (primary N) is 1. The first-order chi connectivity index (χ1) is 7.02. The number of sulfonamides is 1. The fourth-order valence-electron chi connectivity index (χ4n) is 1.67. The van der Waals surface area contributed by atoms with E-state index in [1.165, 1.54) is 17.0 Å². The summed E-state index contributed by atoms with van der Waals surface area (Å²) < 4.78 is 22.2. The number of primary sulfonamides is 1. The van der Waals surface area contributed by atoms with Crippen LogP contribution >= 0.6 is 0 Å². The van der Waals surface area contributed by atoms with E-state index in [1.54, 1.807) is 6.07 Å². The number of hydrogen-bond donors (Lipinski definition) is 1. The second-order valence-corrected chi connectivity index (χ2v) is 4.95. The van der Waals surface area contributed by atoms with Crippen molar-refractivity contribution in [3.8, 4) is 0 Å². The van der Waals surface area contributed by atoms with Crippen molar-refractivity contribution < 1.29 is 13.2 Å². The van der Waals surface area contributed by atoms with Crippen LogP contribution in [0.4, 0.5) is 5.69 Å². The third kappa shape index (κ3) is 1.73. The van der Waals surface area contributed by atoms with Gasteiger partial charge in [0.05, 0.1) is 4.90 Å². The smallest absolute Gasteiger partial charge is 0.238 e. The third-order valence-corrected chi connectivity index (χ3v) is 3.36. The summed E-state index contributed by atoms with van der Waals surface area (Å²) in [6, 6.07) is 4.59. The maximum absolute atomic E-state index is 11.1. The molecule has 5 nitrogen and oxygen atoms in total. The summed E-state index contributed by atoms with van der Waals surface area (Å²) in [7, 11) is -3.70. The van der Waals surface area contributed by atoms with Crippen molar-refractivity contribution in [1.29, 1.82) is 0 Å². The molecule has 0 atom stereocenters. The molecular weight excluding hydrogens is 216 g/mol. The monoisotopic (exact) mass is 226 g/mol. The lowest BCUT2D eigenvalue weighted by Crippen LogP contribution is -2.18. The molecule has 0 unspecified atom stereocenters. The van der Waals surface area contributed by atoms with E-state index in [9.17, 15) is 13.2 Å². The Morgan fingerprint density at radius 1 is 1.40 bits per heavy atom. The molecule has 2 N–H and O–H groups in total. The van der Waals surface area contributed by atoms with Crippen molar-refractivity contribution in [2.75, 3.05) is 11.4 Å². The largest absolute Gasteiger partial charge is 0.314 e. The molecule has 0 radical (unpaired) electrons. The van der Waals surface area contributed by atoms with Gasteiger partial charge in [-0.3, -0.25) is 4.79 Å². The molecule has 1 aromatic carbocycles. The summed E-state index contributed by atoms with van der Waals surface area (Å²) in [5.74, 6) is 0. The minimum Gasteiger partial charge on any atom is -0.314 e. The van der Waals surface area contributed by atoms with Gasteiger partial charge in [0.15, 0.2) is 0 Å². The number of rotatable bonds is 2. The highest BCUT2D eigenvalue weighted by atomic mass is 32.2. The van der Waals surface area contributed by atoms with Gasteiger partial charge in [-0.1, -0.05) is 6.07 Å². The Morgan fingerprint density at radius 3 is 2.73 bits per heavy atom. The van der Waals surface area contributed by atoms with Gasteiger partial charge in [0.1, 0.15) is 0 Å². The van der Waals surface area contributed by atoms with Gasteiger partial charge >= 0.3 is 0 Å². The minimum absolute atomic E-state index is 0.0370. The van der Waals surface area contributed by atoms with Crippen LogP contribution in [0.5, 0.6) is 0 Å². The van der Waals surface area contributed by atoms with Crippen molar-refractivity contribution >= 4 is 22.1 Å². The zero-order chi connectivity index (χ0) is 11.1. The van der Waals surface area contributed by atoms with Gasteiger partial charge in [0.25, 0.3) is 0 Å². The molecule has 1 amide bonds. The lowest BCUT2D eigenvalue weighted by atomic mass is 10.2. The fourth-order valence-corrected chi connectivity index (χ4v) is 2.20. The molecule has 1 aliphatic rings. The normalized spacial score (nSPS) is 15.1. The number of nitrogens with zero attached hydrogens (tertiary/aromatic N) is 1. The number of carbonyl (C=O) groups excluding carboxylic acids is 1. The van der Waals surface area contributed by atoms with Crippen LogP contribution in [0.2, 0.25) is 0 Å². The summed E-state index contributed by atoms with van der Waals surface area (Å²) >= 11 is 0. The summed E-state index contributed by atoms with van der Waals surface area (Å²) in [5.41, 5.74) is 1.60. The molecule has 0 bridgehead atoms. The Morgan fingerprint density at radius 2 is 2.13 bits per heavy atom. The van der Waals surface area contributed by atoms with Gasteiger partial charge in [0.2, 0.25) is 16.4 Å². The van der Waals surface area contributed by atoms with Crippen LogP contribution in [0.25, 0.3) is 0 Å². The average Bonchev–Trinajstić information content (AvgIpc) is 2.57. The Hall–Kier alpha value is -1.40. The Labute approximate surface area is 87.5 Å². The fraction of sp³-hybridized carbons (Fsp3) is 0.222. The van der Waals surface area contributed by atoms with Crippen LogP contribution < -0.4 is 10.0 Å². The van der Waals surface area contributed by atoms with E-state index in [4.69, 9.17) is 5.14 Å². The third-order valence-electron chi connectivity index (χ3n) is 2.44. The maximum atomic E-state index is 11.1. The van der Waals surface area contributed by atoms with E-state index < -0.39 is 10.0 Å². The highest BCUT2D eigenvalue weighted by Crippen LogP contribution is 2.28. The predicted molar refractivity (Wildman–Crippen MR) is 54.9 cm³/mol. The highest BCUT2D eigenvalue weighted by molar-refractivity contribution is 7.89. The average molecular weight is 226 g/mol. The Balaban J connectivity index is 2.55. The van der Waals surface area contributed by atoms with E-state index in [2.05, 4.69) is 0 Å².